The van der Waals surface area contributed by atoms with E-state index in [0.717, 1.165) is 0 Å². The molecule has 12 heteroatoms. The molecule has 0 spiro atoms. The Hall–Kier alpha value is -2.25. The molecule has 0 atom stereocenters. The van der Waals surface area contributed by atoms with Crippen LogP contribution in [0.25, 0.3) is 10.6 Å². The van der Waals surface area contributed by atoms with Gasteiger partial charge in [0.25, 0.3) is 0 Å². The van der Waals surface area contributed by atoms with Gasteiger partial charge in [-0.2, -0.15) is 21.2 Å². The molecule has 0 fully saturated rings. The van der Waals surface area contributed by atoms with Crippen LogP contribution in [0.4, 0.5) is 11.4 Å². The third-order valence-electron chi connectivity index (χ3n) is 9.58. The molecule has 0 aromatic heterocycles. The van der Waals surface area contributed by atoms with Crippen LogP contribution in [0.5, 0.6) is 0 Å². The fourth-order valence-corrected chi connectivity index (χ4v) is 5.68. The molecule has 0 aliphatic heterocycles. The standard InChI is InChI=1S/2C13H11NOS.2C8H20N.2ClH.2Ni/c2*15-13(10-6-2-1-3-7-10)14-11-8-4-5-9-12(11)16;2*1-5-9(6-2,7-3)8-4;;;;/h2*1-9H,(H2,14,15,16);2*5-8H2,1-4H3;2*1H;;/q;;2*+1;;;2*+1/p-6. The number of hydrogen-bond acceptors (Lipinski definition) is 4. The van der Waals surface area contributed by atoms with E-state index in [4.69, 9.17) is 25.3 Å². The molecule has 4 rings (SSSR count). The van der Waals surface area contributed by atoms with Crippen molar-refractivity contribution in [3.05, 3.63) is 131 Å². The Balaban J connectivity index is 0. The van der Waals surface area contributed by atoms with Crippen molar-refractivity contribution in [2.75, 3.05) is 52.4 Å². The van der Waals surface area contributed by atoms with Crippen molar-refractivity contribution >= 4 is 68.8 Å². The summed E-state index contributed by atoms with van der Waals surface area (Å²) in [6.45, 7) is 28.4. The van der Waals surface area contributed by atoms with Crippen LogP contribution in [-0.2, 0) is 54.4 Å². The van der Waals surface area contributed by atoms with Crippen molar-refractivity contribution in [2.24, 2.45) is 0 Å². The van der Waals surface area contributed by atoms with Crippen LogP contribution in [0.1, 0.15) is 76.1 Å². The molecule has 54 heavy (non-hydrogen) atoms. The molecule has 0 saturated heterocycles. The van der Waals surface area contributed by atoms with Crippen molar-refractivity contribution < 1.29 is 47.7 Å². The van der Waals surface area contributed by atoms with Crippen molar-refractivity contribution in [3.8, 4) is 0 Å². The van der Waals surface area contributed by atoms with Crippen LogP contribution in [0.15, 0.2) is 119 Å². The molecule has 0 radical (unpaired) electrons. The van der Waals surface area contributed by atoms with Crippen molar-refractivity contribution in [1.82, 2.24) is 0 Å². The van der Waals surface area contributed by atoms with Crippen LogP contribution in [0, 0.1) is 0 Å². The Labute approximate surface area is 362 Å². The quantitative estimate of drug-likeness (QED) is 0.0807. The van der Waals surface area contributed by atoms with E-state index in [1.165, 1.54) is 61.3 Å². The van der Waals surface area contributed by atoms with Gasteiger partial charge in [-0.1, -0.05) is 109 Å². The second kappa shape index (κ2) is 32.9. The fourth-order valence-electron chi connectivity index (χ4n) is 5.29. The number of benzene rings is 4. The van der Waals surface area contributed by atoms with Crippen LogP contribution in [-0.4, -0.2) is 73.1 Å². The van der Waals surface area contributed by atoms with E-state index in [1.807, 2.05) is 60.7 Å². The first-order valence-corrected chi connectivity index (χ1v) is 21.6. The normalized spacial score (nSPS) is 10.0. The summed E-state index contributed by atoms with van der Waals surface area (Å²) in [5.41, 5.74) is 2.24. The zero-order valence-corrected chi connectivity index (χ0v) is 38.0. The first kappa shape index (κ1) is 53.8. The van der Waals surface area contributed by atoms with Gasteiger partial charge in [-0.25, -0.2) is 0 Å². The summed E-state index contributed by atoms with van der Waals surface area (Å²) in [7, 11) is 8.53. The molecule has 4 aromatic carbocycles. The number of hydrogen-bond donors (Lipinski definition) is 0. The van der Waals surface area contributed by atoms with E-state index >= 15 is 0 Å². The number of halogens is 2. The maximum atomic E-state index is 11.8. The molecule has 0 aliphatic carbocycles. The number of nitrogens with zero attached hydrogens (tertiary/aromatic N) is 4. The van der Waals surface area contributed by atoms with Crippen LogP contribution in [0.2, 0.25) is 0 Å². The topological polar surface area (TPSA) is 62.3 Å². The average Bonchev–Trinajstić information content (AvgIpc) is 3.24. The van der Waals surface area contributed by atoms with Gasteiger partial charge < -0.3 is 54.4 Å². The number of quaternary nitrogens is 2. The van der Waals surface area contributed by atoms with Gasteiger partial charge in [-0.3, -0.25) is 0 Å². The third kappa shape index (κ3) is 20.6. The summed E-state index contributed by atoms with van der Waals surface area (Å²) < 4.78 is 2.56. The summed E-state index contributed by atoms with van der Waals surface area (Å²) in [4.78, 5) is 24.7. The van der Waals surface area contributed by atoms with Crippen molar-refractivity contribution in [3.63, 3.8) is 0 Å². The summed E-state index contributed by atoms with van der Waals surface area (Å²) in [5, 5.41) is 7.97. The molecular formula is C42H58Cl2N4Ni2O2S2-2. The number of carbonyl (C=O) groups excluding carboxylic acids is 2. The van der Waals surface area contributed by atoms with Gasteiger partial charge in [0.05, 0.1) is 64.2 Å². The Morgan fingerprint density at radius 2 is 0.667 bits per heavy atom. The number of amides is 2. The van der Waals surface area contributed by atoms with Crippen LogP contribution >= 0.6 is 20.4 Å². The van der Waals surface area contributed by atoms with E-state index in [2.05, 4.69) is 116 Å². The van der Waals surface area contributed by atoms with E-state index in [9.17, 15) is 9.59 Å². The summed E-state index contributed by atoms with van der Waals surface area (Å²) >= 11 is 16.8. The fraction of sp³-hybridized carbons (Fsp3) is 0.381. The average molecular weight is 903 g/mol. The Morgan fingerprint density at radius 1 is 0.444 bits per heavy atom. The van der Waals surface area contributed by atoms with Crippen LogP contribution in [0.3, 0.4) is 0 Å². The van der Waals surface area contributed by atoms with Gasteiger partial charge in [-0.15, -0.1) is 0 Å². The summed E-state index contributed by atoms with van der Waals surface area (Å²) in [5.74, 6) is -0.532. The Kier molecular flexibility index (Phi) is 32.8. The zero-order valence-electron chi connectivity index (χ0n) is 32.9. The molecular weight excluding hydrogens is 845 g/mol. The second-order valence-electron chi connectivity index (χ2n) is 11.7. The molecule has 0 aliphatic rings. The van der Waals surface area contributed by atoms with Crippen LogP contribution < -0.4 is 0 Å². The monoisotopic (exact) mass is 900 g/mol. The number of para-hydroxylation sites is 2. The van der Waals surface area contributed by atoms with Gasteiger partial charge in [0.1, 0.15) is 0 Å². The Bertz CT molecular complexity index is 1380. The van der Waals surface area contributed by atoms with E-state index in [-0.39, 0.29) is 11.8 Å². The van der Waals surface area contributed by atoms with E-state index in [0.29, 0.717) is 32.3 Å². The van der Waals surface area contributed by atoms with Crippen molar-refractivity contribution in [2.45, 2.75) is 65.2 Å². The first-order chi connectivity index (χ1) is 26.0. The van der Waals surface area contributed by atoms with E-state index in [1.54, 1.807) is 48.5 Å². The van der Waals surface area contributed by atoms with Gasteiger partial charge in [0, 0.05) is 0 Å². The molecule has 0 unspecified atom stereocenters. The van der Waals surface area contributed by atoms with Gasteiger partial charge in [0.2, 0.25) is 0 Å². The van der Waals surface area contributed by atoms with Gasteiger partial charge >= 0.3 is 49.5 Å². The van der Waals surface area contributed by atoms with Crippen molar-refractivity contribution in [1.29, 1.82) is 0 Å². The first-order valence-electron chi connectivity index (χ1n) is 18.1. The predicted molar refractivity (Wildman–Crippen MR) is 228 cm³/mol. The molecule has 6 nitrogen and oxygen atoms in total. The SMILES string of the molecule is CC[N+](CC)(CC)CC.CC[N+](CC)(CC)CC.O=C([N-]c1ccccc1[S-])c1ccccc1.O=C([N-]c1ccccc1[S-])c1ccccc1.[Cl][Ni].[Cl][Ni]. The number of rotatable bonds is 12. The minimum atomic E-state index is -0.266. The predicted octanol–water partition coefficient (Wildman–Crippen LogP) is 12.0. The molecule has 2 amide bonds. The van der Waals surface area contributed by atoms with Gasteiger partial charge in [-0.05, 0) is 66.5 Å². The zero-order chi connectivity index (χ0) is 41.4. The van der Waals surface area contributed by atoms with Gasteiger partial charge in [0.15, 0.2) is 0 Å². The molecule has 306 valence electrons. The Morgan fingerprint density at radius 3 is 0.870 bits per heavy atom. The summed E-state index contributed by atoms with van der Waals surface area (Å²) in [6.07, 6.45) is 0. The summed E-state index contributed by atoms with van der Waals surface area (Å²) in [6, 6.07) is 32.2. The molecule has 0 heterocycles. The molecule has 4 aromatic rings. The van der Waals surface area contributed by atoms with E-state index < -0.39 is 0 Å². The maximum absolute atomic E-state index is 11.8. The molecule has 0 bridgehead atoms. The molecule has 0 N–H and O–H groups in total. The number of carbonyl (C=O) groups is 2. The molecule has 0 saturated carbocycles. The second-order valence-corrected chi connectivity index (χ2v) is 12.6. The minimum absolute atomic E-state index is 0.266. The third-order valence-corrected chi connectivity index (χ3v) is 10.3.